The van der Waals surface area contributed by atoms with E-state index < -0.39 is 34.6 Å². The van der Waals surface area contributed by atoms with Gasteiger partial charge in [0, 0.05) is 5.56 Å². The predicted molar refractivity (Wildman–Crippen MR) is 35.6 cm³/mol. The van der Waals surface area contributed by atoms with Gasteiger partial charge in [0.05, 0.1) is 0 Å². The van der Waals surface area contributed by atoms with Gasteiger partial charge in [0.25, 0.3) is 0 Å². The van der Waals surface area contributed by atoms with E-state index in [1.165, 1.54) is 6.92 Å². The molecule has 72 valence electrons. The third-order valence-corrected chi connectivity index (χ3v) is 1.65. The third-order valence-electron chi connectivity index (χ3n) is 1.65. The number of benzene rings is 1. The molecule has 0 aromatic heterocycles. The van der Waals surface area contributed by atoms with Crippen LogP contribution in [-0.2, 0) is 6.42 Å². The van der Waals surface area contributed by atoms with Crippen LogP contribution < -0.4 is 0 Å². The smallest absolute Gasteiger partial charge is 0.200 e. The van der Waals surface area contributed by atoms with Gasteiger partial charge in [-0.2, -0.15) is 0 Å². The molecule has 0 atom stereocenters. The Kier molecular flexibility index (Phi) is 2.54. The van der Waals surface area contributed by atoms with Crippen LogP contribution in [0.5, 0.6) is 0 Å². The van der Waals surface area contributed by atoms with Crippen molar-refractivity contribution >= 4 is 0 Å². The van der Waals surface area contributed by atoms with Gasteiger partial charge in [0.2, 0.25) is 5.82 Å². The summed E-state index contributed by atoms with van der Waals surface area (Å²) in [5.41, 5.74) is -0.781. The molecule has 0 saturated heterocycles. The quantitative estimate of drug-likeness (QED) is 0.368. The highest BCUT2D eigenvalue weighted by atomic mass is 19.2. The van der Waals surface area contributed by atoms with Crippen LogP contribution in [0, 0.1) is 29.1 Å². The van der Waals surface area contributed by atoms with E-state index in [0.29, 0.717) is 0 Å². The molecule has 0 unspecified atom stereocenters. The van der Waals surface area contributed by atoms with Gasteiger partial charge in [-0.25, -0.2) is 22.0 Å². The van der Waals surface area contributed by atoms with Crippen LogP contribution in [0.4, 0.5) is 22.0 Å². The fourth-order valence-corrected chi connectivity index (χ4v) is 0.961. The molecule has 0 nitrogen and oxygen atoms in total. The van der Waals surface area contributed by atoms with Crippen LogP contribution in [0.15, 0.2) is 0 Å². The molecule has 1 rings (SSSR count). The van der Waals surface area contributed by atoms with Gasteiger partial charge >= 0.3 is 0 Å². The van der Waals surface area contributed by atoms with Gasteiger partial charge < -0.3 is 0 Å². The average Bonchev–Trinajstić information content (AvgIpc) is 2.13. The Morgan fingerprint density at radius 1 is 0.692 bits per heavy atom. The minimum Gasteiger partial charge on any atom is -0.203 e. The highest BCUT2D eigenvalue weighted by Gasteiger charge is 2.24. The van der Waals surface area contributed by atoms with Gasteiger partial charge in [0.15, 0.2) is 23.3 Å². The second kappa shape index (κ2) is 3.32. The molecule has 13 heavy (non-hydrogen) atoms. The highest BCUT2D eigenvalue weighted by Crippen LogP contribution is 2.22. The maximum Gasteiger partial charge on any atom is 0.200 e. The molecule has 0 spiro atoms. The molecule has 0 fully saturated rings. The molecule has 1 aromatic carbocycles. The molecule has 0 aliphatic carbocycles. The Labute approximate surface area is 71.0 Å². The summed E-state index contributed by atoms with van der Waals surface area (Å²) >= 11 is 0. The zero-order valence-corrected chi connectivity index (χ0v) is 6.60. The summed E-state index contributed by atoms with van der Waals surface area (Å²) in [6.45, 7) is 1.30. The normalized spacial score (nSPS) is 10.6. The molecule has 0 bridgehead atoms. The van der Waals surface area contributed by atoms with Crippen molar-refractivity contribution in [3.8, 4) is 0 Å². The zero-order chi connectivity index (χ0) is 10.2. The van der Waals surface area contributed by atoms with Crippen molar-refractivity contribution in [3.05, 3.63) is 34.6 Å². The molecule has 0 radical (unpaired) electrons. The van der Waals surface area contributed by atoms with E-state index >= 15 is 0 Å². The van der Waals surface area contributed by atoms with Gasteiger partial charge in [-0.05, 0) is 6.42 Å². The molecule has 0 N–H and O–H groups in total. The lowest BCUT2D eigenvalue weighted by Crippen LogP contribution is -2.05. The fraction of sp³-hybridized carbons (Fsp3) is 0.250. The summed E-state index contributed by atoms with van der Waals surface area (Å²) in [4.78, 5) is 0. The van der Waals surface area contributed by atoms with Gasteiger partial charge in [-0.15, -0.1) is 0 Å². The van der Waals surface area contributed by atoms with Crippen molar-refractivity contribution in [3.63, 3.8) is 0 Å². The second-order valence-corrected chi connectivity index (χ2v) is 2.40. The maximum absolute atomic E-state index is 12.7. The molecular formula is C8H5F5. The van der Waals surface area contributed by atoms with E-state index in [1.807, 2.05) is 0 Å². The predicted octanol–water partition coefficient (Wildman–Crippen LogP) is 2.94. The van der Waals surface area contributed by atoms with Crippen LogP contribution >= 0.6 is 0 Å². The summed E-state index contributed by atoms with van der Waals surface area (Å²) in [5, 5.41) is 0. The van der Waals surface area contributed by atoms with Crippen LogP contribution in [0.25, 0.3) is 0 Å². The molecule has 5 heteroatoms. The van der Waals surface area contributed by atoms with Crippen molar-refractivity contribution < 1.29 is 22.0 Å². The minimum atomic E-state index is -2.12. The Bertz CT molecular complexity index is 316. The van der Waals surface area contributed by atoms with E-state index in [0.717, 1.165) is 0 Å². The lowest BCUT2D eigenvalue weighted by molar-refractivity contribution is 0.370. The Morgan fingerprint density at radius 3 is 1.31 bits per heavy atom. The Morgan fingerprint density at radius 2 is 1.00 bits per heavy atom. The summed E-state index contributed by atoms with van der Waals surface area (Å²) in [7, 11) is 0. The monoisotopic (exact) mass is 196 g/mol. The van der Waals surface area contributed by atoms with Gasteiger partial charge in [0.1, 0.15) is 0 Å². The summed E-state index contributed by atoms with van der Waals surface area (Å²) in [6, 6.07) is 0. The van der Waals surface area contributed by atoms with Crippen molar-refractivity contribution in [1.29, 1.82) is 0 Å². The largest absolute Gasteiger partial charge is 0.203 e. The van der Waals surface area contributed by atoms with E-state index in [9.17, 15) is 22.0 Å². The summed E-state index contributed by atoms with van der Waals surface area (Å²) < 4.78 is 62.6. The lowest BCUT2D eigenvalue weighted by atomic mass is 10.1. The molecule has 0 heterocycles. The first-order valence-electron chi connectivity index (χ1n) is 3.51. The third kappa shape index (κ3) is 1.38. The van der Waals surface area contributed by atoms with Crippen molar-refractivity contribution in [2.24, 2.45) is 0 Å². The van der Waals surface area contributed by atoms with Gasteiger partial charge in [-0.1, -0.05) is 6.92 Å². The van der Waals surface area contributed by atoms with Crippen molar-refractivity contribution in [1.82, 2.24) is 0 Å². The van der Waals surface area contributed by atoms with Gasteiger partial charge in [-0.3, -0.25) is 0 Å². The van der Waals surface area contributed by atoms with Crippen LogP contribution in [0.1, 0.15) is 12.5 Å². The van der Waals surface area contributed by atoms with E-state index in [2.05, 4.69) is 0 Å². The summed E-state index contributed by atoms with van der Waals surface area (Å²) in [5.74, 6) is -9.41. The van der Waals surface area contributed by atoms with Crippen molar-refractivity contribution in [2.75, 3.05) is 0 Å². The molecular weight excluding hydrogens is 191 g/mol. The maximum atomic E-state index is 12.7. The Balaban J connectivity index is 3.56. The van der Waals surface area contributed by atoms with E-state index in [-0.39, 0.29) is 6.42 Å². The first kappa shape index (κ1) is 9.95. The zero-order valence-electron chi connectivity index (χ0n) is 6.60. The number of hydrogen-bond donors (Lipinski definition) is 0. The van der Waals surface area contributed by atoms with E-state index in [4.69, 9.17) is 0 Å². The van der Waals surface area contributed by atoms with Crippen molar-refractivity contribution in [2.45, 2.75) is 13.3 Å². The molecule has 0 aliphatic heterocycles. The minimum absolute atomic E-state index is 0.244. The Hall–Kier alpha value is -1.13. The lowest BCUT2D eigenvalue weighted by Gasteiger charge is -2.04. The van der Waals surface area contributed by atoms with Crippen LogP contribution in [-0.4, -0.2) is 0 Å². The number of rotatable bonds is 1. The summed E-state index contributed by atoms with van der Waals surface area (Å²) in [6.07, 6.45) is -0.244. The van der Waals surface area contributed by atoms with Crippen LogP contribution in [0.2, 0.25) is 0 Å². The highest BCUT2D eigenvalue weighted by molar-refractivity contribution is 5.23. The molecule has 0 saturated carbocycles. The average molecular weight is 196 g/mol. The molecule has 0 amide bonds. The van der Waals surface area contributed by atoms with Crippen LogP contribution in [0.3, 0.4) is 0 Å². The first-order valence-corrected chi connectivity index (χ1v) is 3.51. The standard InChI is InChI=1S/C8H5F5/c1-2-3-4(9)6(11)8(13)7(12)5(3)10/h2H2,1H3. The second-order valence-electron chi connectivity index (χ2n) is 2.40. The molecule has 0 aliphatic rings. The number of halogens is 5. The first-order chi connectivity index (χ1) is 6.00. The molecule has 1 aromatic rings. The SMILES string of the molecule is CCc1c(F)c(F)c(F)c(F)c1F. The van der Waals surface area contributed by atoms with E-state index in [1.54, 1.807) is 0 Å². The topological polar surface area (TPSA) is 0 Å². The number of hydrogen-bond acceptors (Lipinski definition) is 0. The fourth-order valence-electron chi connectivity index (χ4n) is 0.961.